The van der Waals surface area contributed by atoms with E-state index in [4.69, 9.17) is 16.3 Å². The molecule has 3 rings (SSSR count). The zero-order valence-corrected chi connectivity index (χ0v) is 16.7. The molecule has 0 saturated heterocycles. The van der Waals surface area contributed by atoms with Crippen molar-refractivity contribution < 1.29 is 14.3 Å². The summed E-state index contributed by atoms with van der Waals surface area (Å²) in [4.78, 5) is 27.1. The Morgan fingerprint density at radius 3 is 2.56 bits per heavy atom. The fraction of sp³-hybridized carbons (Fsp3) is 0.333. The Labute approximate surface area is 164 Å². The Bertz CT molecular complexity index is 903. The van der Waals surface area contributed by atoms with Crippen LogP contribution in [-0.4, -0.2) is 25.5 Å². The van der Waals surface area contributed by atoms with Gasteiger partial charge in [0.1, 0.15) is 5.75 Å². The van der Waals surface area contributed by atoms with Crippen molar-refractivity contribution in [3.63, 3.8) is 0 Å². The number of fused-ring (bicyclic) bond motifs is 1. The SMILES string of the molecule is COc1ccc(Cl)cc1C(=O)Nc1ccc2c(c1)CCN2C(=O)C(C)(C)C. The largest absolute Gasteiger partial charge is 0.496 e. The van der Waals surface area contributed by atoms with Gasteiger partial charge < -0.3 is 15.0 Å². The summed E-state index contributed by atoms with van der Waals surface area (Å²) in [6, 6.07) is 10.5. The molecule has 1 heterocycles. The monoisotopic (exact) mass is 386 g/mol. The Hall–Kier alpha value is -2.53. The van der Waals surface area contributed by atoms with Crippen LogP contribution in [0.2, 0.25) is 5.02 Å². The van der Waals surface area contributed by atoms with Gasteiger partial charge in [-0.25, -0.2) is 0 Å². The van der Waals surface area contributed by atoms with Gasteiger partial charge in [-0.2, -0.15) is 0 Å². The molecule has 2 aromatic rings. The number of benzene rings is 2. The summed E-state index contributed by atoms with van der Waals surface area (Å²) in [6.07, 6.45) is 0.765. The summed E-state index contributed by atoms with van der Waals surface area (Å²) >= 11 is 6.01. The maximum atomic E-state index is 12.6. The van der Waals surface area contributed by atoms with Crippen molar-refractivity contribution in [3.8, 4) is 5.75 Å². The van der Waals surface area contributed by atoms with Gasteiger partial charge in [-0.15, -0.1) is 0 Å². The van der Waals surface area contributed by atoms with Crippen LogP contribution in [0.3, 0.4) is 0 Å². The van der Waals surface area contributed by atoms with E-state index in [1.807, 2.05) is 43.9 Å². The Morgan fingerprint density at radius 2 is 1.89 bits per heavy atom. The third kappa shape index (κ3) is 3.93. The van der Waals surface area contributed by atoms with Gasteiger partial charge in [0.15, 0.2) is 0 Å². The summed E-state index contributed by atoms with van der Waals surface area (Å²) in [6.45, 7) is 6.41. The van der Waals surface area contributed by atoms with Crippen molar-refractivity contribution in [1.82, 2.24) is 0 Å². The van der Waals surface area contributed by atoms with Crippen LogP contribution in [-0.2, 0) is 11.2 Å². The number of ether oxygens (including phenoxy) is 1. The maximum absolute atomic E-state index is 12.6. The van der Waals surface area contributed by atoms with Gasteiger partial charge in [0.05, 0.1) is 12.7 Å². The molecule has 0 fully saturated rings. The number of methoxy groups -OCH3 is 1. The van der Waals surface area contributed by atoms with Crippen LogP contribution < -0.4 is 15.0 Å². The first-order valence-corrected chi connectivity index (χ1v) is 9.18. The fourth-order valence-corrected chi connectivity index (χ4v) is 3.32. The van der Waals surface area contributed by atoms with E-state index in [0.29, 0.717) is 28.6 Å². The lowest BCUT2D eigenvalue weighted by Gasteiger charge is -2.26. The molecule has 1 N–H and O–H groups in total. The highest BCUT2D eigenvalue weighted by molar-refractivity contribution is 6.31. The number of anilines is 2. The predicted molar refractivity (Wildman–Crippen MR) is 108 cm³/mol. The highest BCUT2D eigenvalue weighted by Gasteiger charge is 2.32. The van der Waals surface area contributed by atoms with Gasteiger partial charge in [0.2, 0.25) is 5.91 Å². The third-order valence-electron chi connectivity index (χ3n) is 4.53. The Balaban J connectivity index is 1.82. The number of hydrogen-bond donors (Lipinski definition) is 1. The van der Waals surface area contributed by atoms with E-state index in [1.165, 1.54) is 7.11 Å². The van der Waals surface area contributed by atoms with Crippen LogP contribution in [0, 0.1) is 5.41 Å². The van der Waals surface area contributed by atoms with Gasteiger partial charge in [-0.3, -0.25) is 9.59 Å². The maximum Gasteiger partial charge on any atom is 0.259 e. The average molecular weight is 387 g/mol. The zero-order valence-electron chi connectivity index (χ0n) is 15.9. The first-order valence-electron chi connectivity index (χ1n) is 8.80. The molecule has 0 aromatic heterocycles. The van der Waals surface area contributed by atoms with E-state index in [9.17, 15) is 9.59 Å². The van der Waals surface area contributed by atoms with Crippen molar-refractivity contribution in [1.29, 1.82) is 0 Å². The summed E-state index contributed by atoms with van der Waals surface area (Å²) in [5.74, 6) is 0.261. The van der Waals surface area contributed by atoms with E-state index in [2.05, 4.69) is 5.32 Å². The first kappa shape index (κ1) is 19.2. The van der Waals surface area contributed by atoms with Crippen LogP contribution in [0.4, 0.5) is 11.4 Å². The normalized spacial score (nSPS) is 13.3. The van der Waals surface area contributed by atoms with Crippen molar-refractivity contribution >= 4 is 34.8 Å². The lowest BCUT2D eigenvalue weighted by Crippen LogP contribution is -2.38. The molecule has 6 heteroatoms. The number of carbonyl (C=O) groups excluding carboxylic acids is 2. The highest BCUT2D eigenvalue weighted by Crippen LogP contribution is 2.34. The minimum Gasteiger partial charge on any atom is -0.496 e. The number of halogens is 1. The van der Waals surface area contributed by atoms with E-state index in [-0.39, 0.29) is 11.8 Å². The second-order valence-corrected chi connectivity index (χ2v) is 8.04. The molecule has 0 saturated carbocycles. The summed E-state index contributed by atoms with van der Waals surface area (Å²) in [5.41, 5.74) is 2.56. The lowest BCUT2D eigenvalue weighted by molar-refractivity contribution is -0.125. The van der Waals surface area contributed by atoms with E-state index >= 15 is 0 Å². The number of nitrogens with one attached hydrogen (secondary N) is 1. The molecule has 0 atom stereocenters. The van der Waals surface area contributed by atoms with Crippen LogP contribution in [0.25, 0.3) is 0 Å². The Kier molecular flexibility index (Phi) is 5.16. The number of amides is 2. The zero-order chi connectivity index (χ0) is 19.8. The molecule has 2 amide bonds. The molecule has 2 aromatic carbocycles. The number of nitrogens with zero attached hydrogens (tertiary/aromatic N) is 1. The smallest absolute Gasteiger partial charge is 0.259 e. The second kappa shape index (κ2) is 7.24. The molecule has 0 spiro atoms. The number of hydrogen-bond acceptors (Lipinski definition) is 3. The minimum atomic E-state index is -0.433. The van der Waals surface area contributed by atoms with E-state index in [1.54, 1.807) is 18.2 Å². The molecule has 0 radical (unpaired) electrons. The third-order valence-corrected chi connectivity index (χ3v) is 4.76. The molecular formula is C21H23ClN2O3. The topological polar surface area (TPSA) is 58.6 Å². The average Bonchev–Trinajstić information content (AvgIpc) is 3.03. The van der Waals surface area contributed by atoms with E-state index < -0.39 is 5.41 Å². The molecule has 5 nitrogen and oxygen atoms in total. The molecule has 27 heavy (non-hydrogen) atoms. The van der Waals surface area contributed by atoms with Crippen LogP contribution in [0.15, 0.2) is 36.4 Å². The minimum absolute atomic E-state index is 0.0988. The van der Waals surface area contributed by atoms with Crippen molar-refractivity contribution in [2.75, 3.05) is 23.9 Å². The Morgan fingerprint density at radius 1 is 1.15 bits per heavy atom. The molecule has 142 valence electrons. The number of carbonyl (C=O) groups is 2. The van der Waals surface area contributed by atoms with Crippen molar-refractivity contribution in [2.45, 2.75) is 27.2 Å². The van der Waals surface area contributed by atoms with Crippen LogP contribution in [0.1, 0.15) is 36.7 Å². The molecule has 0 aliphatic carbocycles. The van der Waals surface area contributed by atoms with Crippen LogP contribution in [0.5, 0.6) is 5.75 Å². The lowest BCUT2D eigenvalue weighted by atomic mass is 9.94. The molecule has 1 aliphatic rings. The fourth-order valence-electron chi connectivity index (χ4n) is 3.15. The molecule has 0 unspecified atom stereocenters. The molecular weight excluding hydrogens is 364 g/mol. The second-order valence-electron chi connectivity index (χ2n) is 7.60. The first-order chi connectivity index (χ1) is 12.7. The van der Waals surface area contributed by atoms with Gasteiger partial charge in [-0.1, -0.05) is 32.4 Å². The highest BCUT2D eigenvalue weighted by atomic mass is 35.5. The standard InChI is InChI=1S/C21H23ClN2O3/c1-21(2,3)20(26)24-10-9-13-11-15(6-7-17(13)24)23-19(25)16-12-14(22)5-8-18(16)27-4/h5-8,11-12H,9-10H2,1-4H3,(H,23,25). The van der Waals surface area contributed by atoms with E-state index in [0.717, 1.165) is 17.7 Å². The summed E-state index contributed by atoms with van der Waals surface area (Å²) < 4.78 is 5.24. The summed E-state index contributed by atoms with van der Waals surface area (Å²) in [5, 5.41) is 3.35. The summed E-state index contributed by atoms with van der Waals surface area (Å²) in [7, 11) is 1.51. The van der Waals surface area contributed by atoms with Crippen molar-refractivity contribution in [3.05, 3.63) is 52.5 Å². The molecule has 0 bridgehead atoms. The predicted octanol–water partition coefficient (Wildman–Crippen LogP) is 4.54. The number of rotatable bonds is 3. The quantitative estimate of drug-likeness (QED) is 0.842. The van der Waals surface area contributed by atoms with Gasteiger partial charge in [-0.05, 0) is 48.4 Å². The van der Waals surface area contributed by atoms with Crippen LogP contribution >= 0.6 is 11.6 Å². The molecule has 1 aliphatic heterocycles. The van der Waals surface area contributed by atoms with Crippen molar-refractivity contribution in [2.24, 2.45) is 5.41 Å². The van der Waals surface area contributed by atoms with Gasteiger partial charge in [0.25, 0.3) is 5.91 Å². The van der Waals surface area contributed by atoms with Gasteiger partial charge in [0, 0.05) is 28.4 Å². The van der Waals surface area contributed by atoms with Gasteiger partial charge >= 0.3 is 0 Å².